The monoisotopic (exact) mass is 954 g/mol. The van der Waals surface area contributed by atoms with Gasteiger partial charge in [0, 0.05) is 87.3 Å². The maximum absolute atomic E-state index is 14.6. The third-order valence-electron chi connectivity index (χ3n) is 13.6. The molecule has 0 radical (unpaired) electrons. The largest absolute Gasteiger partial charge is 0.507 e. The third-order valence-corrected chi connectivity index (χ3v) is 13.6. The summed E-state index contributed by atoms with van der Waals surface area (Å²) in [4.78, 5) is 43.3. The molecular formula is C48H66N4O16. The summed E-state index contributed by atoms with van der Waals surface area (Å²) in [5.41, 5.74) is -0.557. The summed E-state index contributed by atoms with van der Waals surface area (Å²) in [5, 5.41) is 87.6. The summed E-state index contributed by atoms with van der Waals surface area (Å²) in [6, 6.07) is 0. The van der Waals surface area contributed by atoms with Crippen LogP contribution in [0.1, 0.15) is 70.0 Å². The number of rotatable bonds is 7. The highest BCUT2D eigenvalue weighted by Crippen LogP contribution is 2.55. The standard InChI is InChI=1S/C48H66N4O16/c1-22-12-11-13-23(2)46(62)50-35-29(20-49-52-17-15-51(9)16-18-52)38(57)32-33(40(35)59)37(56)27(6)44-34(32)45(61)48(8,68-44)64-19-14-30(63-10)24(3)43(65-28(7)54)26(5)36(55)25(4)42(22)67-47-41(60)39(58)31(21-53)66-47/h11-14,19-20,22,24-26,30-31,36,39,41-43,47,53,55-60H,15-18,21H2,1-10H3,(H,50,62)/b12-11+,19-14+,23-13-,49-20+/t22-,24+,25-,26+,30-,31+,36+,39+,41+,42-,43+,47+,48-/m0/s1. The number of phenolic OH excluding ortho intramolecular Hbond substituents is 3. The number of nitrogens with one attached hydrogen (secondary N) is 1. The first-order valence-corrected chi connectivity index (χ1v) is 22.7. The van der Waals surface area contributed by atoms with Crippen LogP contribution in [0.3, 0.4) is 0 Å². The third kappa shape index (κ3) is 10.2. The average Bonchev–Trinajstić information content (AvgIpc) is 3.73. The Labute approximate surface area is 395 Å². The van der Waals surface area contributed by atoms with E-state index in [1.54, 1.807) is 44.9 Å². The van der Waals surface area contributed by atoms with Crippen LogP contribution in [-0.2, 0) is 33.3 Å². The van der Waals surface area contributed by atoms with Crippen LogP contribution >= 0.6 is 0 Å². The fourth-order valence-corrected chi connectivity index (χ4v) is 9.29. The number of allylic oxidation sites excluding steroid dienone is 2. The summed E-state index contributed by atoms with van der Waals surface area (Å²) in [7, 11) is 3.38. The van der Waals surface area contributed by atoms with Gasteiger partial charge in [0.2, 0.25) is 0 Å². The smallest absolute Gasteiger partial charge is 0.312 e. The van der Waals surface area contributed by atoms with E-state index >= 15 is 0 Å². The number of piperazine rings is 1. The van der Waals surface area contributed by atoms with Crippen molar-refractivity contribution < 1.29 is 78.6 Å². The zero-order chi connectivity index (χ0) is 50.1. The van der Waals surface area contributed by atoms with Crippen molar-refractivity contribution in [2.75, 3.05) is 52.3 Å². The van der Waals surface area contributed by atoms with E-state index in [1.807, 2.05) is 7.05 Å². The molecule has 0 unspecified atom stereocenters. The van der Waals surface area contributed by atoms with Gasteiger partial charge in [-0.1, -0.05) is 45.9 Å². The summed E-state index contributed by atoms with van der Waals surface area (Å²) < 4.78 is 35.8. The molecule has 7 rings (SSSR count). The minimum atomic E-state index is -2.10. The number of Topliss-reactive ketones (excluding diaryl/α,β-unsaturated/α-hetero) is 1. The number of carbonyl (C=O) groups excluding carboxylic acids is 3. The van der Waals surface area contributed by atoms with Gasteiger partial charge in [0.05, 0.1) is 59.6 Å². The van der Waals surface area contributed by atoms with Crippen molar-refractivity contribution in [1.82, 2.24) is 9.91 Å². The Balaban J connectivity index is 1.51. The molecule has 0 spiro atoms. The SMILES string of the molecule is CO[C@H]1/C=C/O[C@@]2(C)Oc3c(C)c(O)c4c(O)c(c(/C=N/N5CCN(C)CC5)c(O)c4c3C2=O)NC(=O)/C(C)=C\C=C\[C@H](C)[C@H](O[C@H]2O[C@H](CO)[C@@H](O)[C@H]2O)[C@@H](C)[C@@H](O)[C@@H](C)[C@H](OC(C)=O)[C@@H]1C. The van der Waals surface area contributed by atoms with Crippen molar-refractivity contribution in [3.05, 3.63) is 52.8 Å². The molecule has 8 N–H and O–H groups in total. The number of aliphatic hydroxyl groups is 4. The van der Waals surface area contributed by atoms with Crippen molar-refractivity contribution in [1.29, 1.82) is 0 Å². The van der Waals surface area contributed by atoms with Crippen LogP contribution in [0.5, 0.6) is 23.0 Å². The van der Waals surface area contributed by atoms with Crippen molar-refractivity contribution in [2.45, 2.75) is 110 Å². The Kier molecular flexibility index (Phi) is 16.2. The van der Waals surface area contributed by atoms with E-state index in [1.165, 1.54) is 59.4 Å². The molecule has 2 aromatic carbocycles. The number of aromatic hydroxyl groups is 3. The molecule has 2 fully saturated rings. The van der Waals surface area contributed by atoms with E-state index in [0.29, 0.717) is 26.2 Å². The lowest BCUT2D eigenvalue weighted by atomic mass is 9.78. The molecule has 5 bridgehead atoms. The van der Waals surface area contributed by atoms with E-state index in [-0.39, 0.29) is 44.5 Å². The van der Waals surface area contributed by atoms with Gasteiger partial charge in [0.1, 0.15) is 41.7 Å². The summed E-state index contributed by atoms with van der Waals surface area (Å²) in [5.74, 6) is -9.12. The summed E-state index contributed by atoms with van der Waals surface area (Å²) >= 11 is 0. The predicted molar refractivity (Wildman–Crippen MR) is 247 cm³/mol. The fourth-order valence-electron chi connectivity index (χ4n) is 9.29. The molecular weight excluding hydrogens is 889 g/mol. The van der Waals surface area contributed by atoms with E-state index < -0.39 is 120 Å². The average molecular weight is 955 g/mol. The molecule has 2 aromatic rings. The fraction of sp³-hybridized carbons (Fsp3) is 0.583. The van der Waals surface area contributed by atoms with Crippen LogP contribution in [0.2, 0.25) is 0 Å². The van der Waals surface area contributed by atoms with Crippen molar-refractivity contribution in [2.24, 2.45) is 28.8 Å². The number of anilines is 1. The Morgan fingerprint density at radius 3 is 2.21 bits per heavy atom. The van der Waals surface area contributed by atoms with Crippen LogP contribution in [0.25, 0.3) is 10.8 Å². The number of nitrogens with zero attached hydrogens (tertiary/aromatic N) is 3. The second-order valence-electron chi connectivity index (χ2n) is 18.4. The zero-order valence-electron chi connectivity index (χ0n) is 40.1. The van der Waals surface area contributed by atoms with Gasteiger partial charge in [0.15, 0.2) is 12.0 Å². The first-order valence-electron chi connectivity index (χ1n) is 22.7. The Morgan fingerprint density at radius 1 is 0.926 bits per heavy atom. The van der Waals surface area contributed by atoms with E-state index in [2.05, 4.69) is 15.3 Å². The molecule has 13 atom stereocenters. The van der Waals surface area contributed by atoms with Crippen molar-refractivity contribution in [3.8, 4) is 23.0 Å². The molecule has 0 aromatic heterocycles. The lowest BCUT2D eigenvalue weighted by molar-refractivity contribution is -0.219. The second kappa shape index (κ2) is 21.1. The number of methoxy groups -OCH3 is 1. The molecule has 20 nitrogen and oxygen atoms in total. The number of likely N-dealkylation sites (N-methyl/N-ethyl adjacent to an activating group) is 1. The van der Waals surface area contributed by atoms with Gasteiger partial charge in [-0.15, -0.1) is 0 Å². The number of hydrogen-bond acceptors (Lipinski definition) is 19. The number of aliphatic hydroxyl groups excluding tert-OH is 4. The van der Waals surface area contributed by atoms with Crippen LogP contribution in [0.15, 0.2) is 41.2 Å². The minimum Gasteiger partial charge on any atom is -0.507 e. The number of hydrogen-bond donors (Lipinski definition) is 8. The number of esters is 1. The van der Waals surface area contributed by atoms with Crippen molar-refractivity contribution >= 4 is 40.3 Å². The number of phenols is 3. The minimum absolute atomic E-state index is 0.0268. The van der Waals surface area contributed by atoms with Gasteiger partial charge in [-0.05, 0) is 27.0 Å². The van der Waals surface area contributed by atoms with E-state index in [9.17, 15) is 50.1 Å². The van der Waals surface area contributed by atoms with Crippen LogP contribution in [0, 0.1) is 30.6 Å². The number of hydrazone groups is 1. The summed E-state index contributed by atoms with van der Waals surface area (Å²) in [6.07, 6.45) is -1.11. The quantitative estimate of drug-likeness (QED) is 0.0858. The van der Waals surface area contributed by atoms with Gasteiger partial charge < -0.3 is 74.4 Å². The molecule has 2 saturated heterocycles. The van der Waals surface area contributed by atoms with Gasteiger partial charge in [0.25, 0.3) is 11.7 Å². The highest BCUT2D eigenvalue weighted by Gasteiger charge is 2.50. The maximum Gasteiger partial charge on any atom is 0.312 e. The van der Waals surface area contributed by atoms with E-state index in [0.717, 1.165) is 0 Å². The number of ketones is 1. The molecule has 68 heavy (non-hydrogen) atoms. The highest BCUT2D eigenvalue weighted by molar-refractivity contribution is 6.23. The Bertz CT molecular complexity index is 2340. The zero-order valence-corrected chi connectivity index (χ0v) is 40.1. The molecule has 0 saturated carbocycles. The van der Waals surface area contributed by atoms with Gasteiger partial charge >= 0.3 is 11.8 Å². The van der Waals surface area contributed by atoms with Crippen LogP contribution in [-0.4, -0.2) is 171 Å². The van der Waals surface area contributed by atoms with Crippen LogP contribution in [0.4, 0.5) is 5.69 Å². The summed E-state index contributed by atoms with van der Waals surface area (Å²) in [6.45, 7) is 14.2. The number of amides is 1. The van der Waals surface area contributed by atoms with Gasteiger partial charge in [-0.2, -0.15) is 5.10 Å². The molecule has 20 heteroatoms. The second-order valence-corrected chi connectivity index (χ2v) is 18.4. The number of carbonyl (C=O) groups is 3. The lowest BCUT2D eigenvalue weighted by Crippen LogP contribution is -2.48. The number of fused-ring (bicyclic) bond motifs is 14. The molecule has 5 aliphatic rings. The Morgan fingerprint density at radius 2 is 1.59 bits per heavy atom. The lowest BCUT2D eigenvalue weighted by Gasteiger charge is -2.39. The highest BCUT2D eigenvalue weighted by atomic mass is 16.7. The molecule has 1 amide bonds. The predicted octanol–water partition coefficient (Wildman–Crippen LogP) is 2.80. The first kappa shape index (κ1) is 52.1. The van der Waals surface area contributed by atoms with Gasteiger partial charge in [-0.25, -0.2) is 0 Å². The van der Waals surface area contributed by atoms with Crippen molar-refractivity contribution in [3.63, 3.8) is 0 Å². The maximum atomic E-state index is 14.6. The first-order chi connectivity index (χ1) is 32.1. The normalized spacial score (nSPS) is 35.0. The molecule has 5 heterocycles. The van der Waals surface area contributed by atoms with Crippen LogP contribution < -0.4 is 10.1 Å². The van der Waals surface area contributed by atoms with Gasteiger partial charge in [-0.3, -0.25) is 19.4 Å². The molecule has 0 aliphatic carbocycles. The molecule has 374 valence electrons. The number of ether oxygens (including phenoxy) is 6. The Hall–Kier alpha value is -5.32. The molecule has 5 aliphatic heterocycles. The number of benzene rings is 2. The van der Waals surface area contributed by atoms with E-state index in [4.69, 9.17) is 28.4 Å². The topological polar surface area (TPSA) is 279 Å².